The number of hydrogen-bond acceptors (Lipinski definition) is 6. The second-order valence-corrected chi connectivity index (χ2v) is 3.97. The highest BCUT2D eigenvalue weighted by molar-refractivity contribution is 5.58. The number of rotatable bonds is 6. The summed E-state index contributed by atoms with van der Waals surface area (Å²) in [6, 6.07) is 3.63. The normalized spacial score (nSPS) is 10.7. The van der Waals surface area contributed by atoms with Crippen LogP contribution in [0.4, 0.5) is 20.2 Å². The highest BCUT2D eigenvalue weighted by atomic mass is 19.3. The van der Waals surface area contributed by atoms with Crippen LogP contribution < -0.4 is 10.1 Å². The fourth-order valence-electron chi connectivity index (χ4n) is 1.63. The lowest BCUT2D eigenvalue weighted by Gasteiger charge is -2.09. The van der Waals surface area contributed by atoms with E-state index in [2.05, 4.69) is 20.1 Å². The van der Waals surface area contributed by atoms with Gasteiger partial charge in [-0.05, 0) is 6.07 Å². The first kappa shape index (κ1) is 14.6. The molecule has 0 unspecified atom stereocenters. The molecule has 1 aromatic heterocycles. The van der Waals surface area contributed by atoms with Gasteiger partial charge in [0.25, 0.3) is 0 Å². The van der Waals surface area contributed by atoms with Crippen LogP contribution in [0.15, 0.2) is 24.5 Å². The first-order valence-electron chi connectivity index (χ1n) is 5.77. The Hall–Kier alpha value is -2.78. The molecule has 10 heteroatoms. The Balaban J connectivity index is 2.17. The number of ether oxygens (including phenoxy) is 1. The van der Waals surface area contributed by atoms with Gasteiger partial charge < -0.3 is 10.1 Å². The van der Waals surface area contributed by atoms with Gasteiger partial charge in [-0.25, -0.2) is 4.98 Å². The molecule has 0 spiro atoms. The topological polar surface area (TPSA) is 95.1 Å². The van der Waals surface area contributed by atoms with Gasteiger partial charge in [-0.15, -0.1) is 0 Å². The molecule has 0 aliphatic rings. The number of halogens is 2. The molecule has 0 amide bonds. The van der Waals surface area contributed by atoms with Crippen molar-refractivity contribution in [1.29, 1.82) is 0 Å². The Kier molecular flexibility index (Phi) is 4.26. The van der Waals surface area contributed by atoms with E-state index in [1.54, 1.807) is 7.05 Å². The average Bonchev–Trinajstić information content (AvgIpc) is 2.81. The van der Waals surface area contributed by atoms with Gasteiger partial charge in [0.2, 0.25) is 5.75 Å². The summed E-state index contributed by atoms with van der Waals surface area (Å²) in [6.07, 6.45) is 1.37. The molecule has 0 fully saturated rings. The van der Waals surface area contributed by atoms with Crippen molar-refractivity contribution in [3.05, 3.63) is 40.5 Å². The number of nitrogens with one attached hydrogen (secondary N) is 1. The van der Waals surface area contributed by atoms with Crippen LogP contribution in [0.5, 0.6) is 5.75 Å². The molecule has 0 aliphatic carbocycles. The minimum atomic E-state index is -3.14. The van der Waals surface area contributed by atoms with Crippen LogP contribution in [0.25, 0.3) is 0 Å². The summed E-state index contributed by atoms with van der Waals surface area (Å²) in [6.45, 7) is -2.86. The fraction of sp³-hybridized carbons (Fsp3) is 0.273. The molecule has 0 atom stereocenters. The van der Waals surface area contributed by atoms with Gasteiger partial charge in [0.05, 0.1) is 11.5 Å². The van der Waals surface area contributed by atoms with Crippen molar-refractivity contribution in [2.24, 2.45) is 7.05 Å². The third kappa shape index (κ3) is 3.61. The molecule has 2 rings (SSSR count). The first-order valence-corrected chi connectivity index (χ1v) is 5.77. The minimum Gasteiger partial charge on any atom is -0.427 e. The van der Waals surface area contributed by atoms with Crippen molar-refractivity contribution in [2.45, 2.75) is 13.2 Å². The average molecular weight is 299 g/mol. The van der Waals surface area contributed by atoms with Gasteiger partial charge in [-0.2, -0.15) is 13.9 Å². The van der Waals surface area contributed by atoms with E-state index in [9.17, 15) is 18.9 Å². The summed E-state index contributed by atoms with van der Waals surface area (Å²) in [5.41, 5.74) is -0.140. The second-order valence-electron chi connectivity index (χ2n) is 3.97. The van der Waals surface area contributed by atoms with Crippen molar-refractivity contribution in [3.63, 3.8) is 0 Å². The molecule has 112 valence electrons. The zero-order valence-corrected chi connectivity index (χ0v) is 10.9. The highest BCUT2D eigenvalue weighted by Gasteiger charge is 2.19. The number of alkyl halides is 2. The van der Waals surface area contributed by atoms with Crippen LogP contribution >= 0.6 is 0 Å². The van der Waals surface area contributed by atoms with Gasteiger partial charge in [0.1, 0.15) is 12.2 Å². The quantitative estimate of drug-likeness (QED) is 0.647. The van der Waals surface area contributed by atoms with E-state index in [-0.39, 0.29) is 6.54 Å². The third-order valence-electron chi connectivity index (χ3n) is 2.63. The fourth-order valence-corrected chi connectivity index (χ4v) is 1.63. The summed E-state index contributed by atoms with van der Waals surface area (Å²) >= 11 is 0. The van der Waals surface area contributed by atoms with Gasteiger partial charge in [0, 0.05) is 24.9 Å². The highest BCUT2D eigenvalue weighted by Crippen LogP contribution is 2.31. The second kappa shape index (κ2) is 6.11. The molecule has 1 heterocycles. The van der Waals surface area contributed by atoms with E-state index in [1.165, 1.54) is 17.1 Å². The zero-order chi connectivity index (χ0) is 15.4. The number of aryl methyl sites for hydroxylation is 1. The molecule has 0 saturated heterocycles. The number of nitrogens with zero attached hydrogens (tertiary/aromatic N) is 4. The number of anilines is 1. The van der Waals surface area contributed by atoms with Gasteiger partial charge in [-0.1, -0.05) is 0 Å². The van der Waals surface area contributed by atoms with Gasteiger partial charge in [0.15, 0.2) is 0 Å². The first-order chi connectivity index (χ1) is 9.97. The van der Waals surface area contributed by atoms with Crippen LogP contribution in [-0.2, 0) is 13.6 Å². The predicted molar refractivity (Wildman–Crippen MR) is 68.1 cm³/mol. The minimum absolute atomic E-state index is 0.280. The SMILES string of the molecule is Cn1ncnc1CNc1ccc([N+](=O)[O-])c(OC(F)F)c1. The predicted octanol–water partition coefficient (Wildman–Crippen LogP) is 1.94. The Morgan fingerprint density at radius 3 is 2.86 bits per heavy atom. The van der Waals surface area contributed by atoms with Crippen LogP contribution in [0, 0.1) is 10.1 Å². The van der Waals surface area contributed by atoms with Crippen molar-refractivity contribution in [3.8, 4) is 5.75 Å². The van der Waals surface area contributed by atoms with Crippen molar-refractivity contribution in [2.75, 3.05) is 5.32 Å². The smallest absolute Gasteiger partial charge is 0.387 e. The largest absolute Gasteiger partial charge is 0.427 e. The molecule has 21 heavy (non-hydrogen) atoms. The lowest BCUT2D eigenvalue weighted by Crippen LogP contribution is -2.08. The molecule has 2 aromatic rings. The van der Waals surface area contributed by atoms with E-state index in [0.29, 0.717) is 11.5 Å². The molecule has 0 bridgehead atoms. The number of hydrogen-bond donors (Lipinski definition) is 1. The van der Waals surface area contributed by atoms with Crippen LogP contribution in [-0.4, -0.2) is 26.3 Å². The van der Waals surface area contributed by atoms with E-state index in [0.717, 1.165) is 12.1 Å². The summed E-state index contributed by atoms with van der Waals surface area (Å²) < 4.78 is 30.2. The lowest BCUT2D eigenvalue weighted by atomic mass is 10.2. The molecule has 8 nitrogen and oxygen atoms in total. The molecular formula is C11H11F2N5O3. The lowest BCUT2D eigenvalue weighted by molar-refractivity contribution is -0.386. The molecular weight excluding hydrogens is 288 g/mol. The van der Waals surface area contributed by atoms with Gasteiger partial charge >= 0.3 is 12.3 Å². The Morgan fingerprint density at radius 1 is 1.52 bits per heavy atom. The maximum absolute atomic E-state index is 12.3. The molecule has 0 saturated carbocycles. The molecule has 0 aliphatic heterocycles. The van der Waals surface area contributed by atoms with Crippen molar-refractivity contribution < 1.29 is 18.4 Å². The van der Waals surface area contributed by atoms with Crippen molar-refractivity contribution in [1.82, 2.24) is 14.8 Å². The Labute approximate surface area is 117 Å². The monoisotopic (exact) mass is 299 g/mol. The van der Waals surface area contributed by atoms with E-state index in [1.807, 2.05) is 0 Å². The summed E-state index contributed by atoms with van der Waals surface area (Å²) in [5, 5.41) is 17.5. The zero-order valence-electron chi connectivity index (χ0n) is 10.9. The maximum atomic E-state index is 12.3. The van der Waals surface area contributed by atoms with E-state index < -0.39 is 23.0 Å². The van der Waals surface area contributed by atoms with Crippen LogP contribution in [0.2, 0.25) is 0 Å². The number of benzene rings is 1. The standard InChI is InChI=1S/C11H11F2N5O3/c1-17-10(15-6-16-17)5-14-7-2-3-8(18(19)20)9(4-7)21-11(12)13/h2-4,6,11,14H,5H2,1H3. The summed E-state index contributed by atoms with van der Waals surface area (Å²) in [7, 11) is 1.70. The number of nitro groups is 1. The number of aromatic nitrogens is 3. The molecule has 1 aromatic carbocycles. The molecule has 0 radical (unpaired) electrons. The van der Waals surface area contributed by atoms with E-state index >= 15 is 0 Å². The Morgan fingerprint density at radius 2 is 2.29 bits per heavy atom. The van der Waals surface area contributed by atoms with Crippen LogP contribution in [0.1, 0.15) is 5.82 Å². The summed E-state index contributed by atoms with van der Waals surface area (Å²) in [5.74, 6) is 0.114. The van der Waals surface area contributed by atoms with Crippen LogP contribution in [0.3, 0.4) is 0 Å². The molecule has 1 N–H and O–H groups in total. The number of nitro benzene ring substituents is 1. The maximum Gasteiger partial charge on any atom is 0.387 e. The third-order valence-corrected chi connectivity index (χ3v) is 2.63. The van der Waals surface area contributed by atoms with E-state index in [4.69, 9.17) is 0 Å². The summed E-state index contributed by atoms with van der Waals surface area (Å²) in [4.78, 5) is 13.9. The Bertz CT molecular complexity index is 647. The van der Waals surface area contributed by atoms with Crippen molar-refractivity contribution >= 4 is 11.4 Å². The van der Waals surface area contributed by atoms with Gasteiger partial charge in [-0.3, -0.25) is 14.8 Å².